The van der Waals surface area contributed by atoms with Crippen LogP contribution in [-0.4, -0.2) is 33.1 Å². The van der Waals surface area contributed by atoms with Crippen LogP contribution in [0.1, 0.15) is 35.2 Å². The maximum atomic E-state index is 12.8. The second-order valence-electron chi connectivity index (χ2n) is 6.80. The molecule has 1 amide bonds. The Bertz CT molecular complexity index is 968. The Balaban J connectivity index is 1.51. The van der Waals surface area contributed by atoms with Gasteiger partial charge in [0.2, 0.25) is 5.91 Å². The molecule has 140 valence electrons. The molecular formula is C21H23N3OS2. The minimum Gasteiger partial charge on any atom is -0.338 e. The van der Waals surface area contributed by atoms with Crippen LogP contribution < -0.4 is 0 Å². The molecule has 27 heavy (non-hydrogen) atoms. The van der Waals surface area contributed by atoms with Crippen molar-refractivity contribution >= 4 is 39.2 Å². The Kier molecular flexibility index (Phi) is 5.45. The Labute approximate surface area is 168 Å². The number of thiophene rings is 1. The minimum absolute atomic E-state index is 0.155. The van der Waals surface area contributed by atoms with Crippen molar-refractivity contribution in [2.45, 2.75) is 44.7 Å². The maximum Gasteiger partial charge on any atom is 0.233 e. The van der Waals surface area contributed by atoms with Gasteiger partial charge in [-0.3, -0.25) is 4.79 Å². The highest BCUT2D eigenvalue weighted by atomic mass is 32.2. The second kappa shape index (κ2) is 7.98. The molecule has 0 saturated carbocycles. The van der Waals surface area contributed by atoms with Gasteiger partial charge < -0.3 is 4.90 Å². The van der Waals surface area contributed by atoms with Crippen LogP contribution in [0.5, 0.6) is 0 Å². The fraction of sp³-hybridized carbons (Fsp3) is 0.381. The lowest BCUT2D eigenvalue weighted by Crippen LogP contribution is -2.31. The zero-order valence-electron chi connectivity index (χ0n) is 15.7. The number of hydrogen-bond acceptors (Lipinski definition) is 5. The quantitative estimate of drug-likeness (QED) is 0.449. The van der Waals surface area contributed by atoms with Crippen LogP contribution in [0.15, 0.2) is 35.4 Å². The van der Waals surface area contributed by atoms with Crippen LogP contribution in [0, 0.1) is 6.92 Å². The van der Waals surface area contributed by atoms with Gasteiger partial charge in [-0.2, -0.15) is 0 Å². The van der Waals surface area contributed by atoms with Gasteiger partial charge in [-0.15, -0.1) is 11.3 Å². The van der Waals surface area contributed by atoms with E-state index >= 15 is 0 Å². The first-order valence-electron chi connectivity index (χ1n) is 9.39. The molecule has 0 aliphatic heterocycles. The number of aromatic nitrogens is 2. The predicted octanol–water partition coefficient (Wildman–Crippen LogP) is 4.63. The van der Waals surface area contributed by atoms with E-state index in [2.05, 4.69) is 22.1 Å². The average molecular weight is 398 g/mol. The van der Waals surface area contributed by atoms with E-state index in [9.17, 15) is 4.79 Å². The molecule has 3 aromatic rings. The van der Waals surface area contributed by atoms with Crippen LogP contribution >= 0.6 is 23.1 Å². The standard InChI is InChI=1S/C21H23N3OS2/c1-3-24(12-15-8-5-4-6-9-15)18(25)13-26-20-19-16-10-7-11-17(16)27-21(19)23-14(2)22-20/h4-6,8-9H,3,7,10-13H2,1-2H3. The Morgan fingerprint density at radius 3 is 2.81 bits per heavy atom. The maximum absolute atomic E-state index is 12.8. The largest absolute Gasteiger partial charge is 0.338 e. The number of carbonyl (C=O) groups excluding carboxylic acids is 1. The molecule has 2 heterocycles. The number of rotatable bonds is 6. The fourth-order valence-corrected chi connectivity index (χ4v) is 5.95. The van der Waals surface area contributed by atoms with Gasteiger partial charge >= 0.3 is 0 Å². The van der Waals surface area contributed by atoms with Gasteiger partial charge in [0.25, 0.3) is 0 Å². The number of amides is 1. The Morgan fingerprint density at radius 2 is 2.04 bits per heavy atom. The molecule has 0 spiro atoms. The molecule has 0 unspecified atom stereocenters. The average Bonchev–Trinajstić information content (AvgIpc) is 3.25. The lowest BCUT2D eigenvalue weighted by molar-refractivity contribution is -0.128. The van der Waals surface area contributed by atoms with Gasteiger partial charge in [0.15, 0.2) is 0 Å². The summed E-state index contributed by atoms with van der Waals surface area (Å²) in [6, 6.07) is 10.2. The van der Waals surface area contributed by atoms with Gasteiger partial charge in [-0.25, -0.2) is 9.97 Å². The van der Waals surface area contributed by atoms with E-state index in [1.807, 2.05) is 36.9 Å². The minimum atomic E-state index is 0.155. The number of carbonyl (C=O) groups is 1. The molecule has 4 rings (SSSR count). The van der Waals surface area contributed by atoms with Crippen LogP contribution in [0.3, 0.4) is 0 Å². The number of aryl methyl sites for hydroxylation is 3. The third kappa shape index (κ3) is 3.87. The van der Waals surface area contributed by atoms with Gasteiger partial charge in [0, 0.05) is 23.4 Å². The van der Waals surface area contributed by atoms with E-state index in [0.717, 1.165) is 34.1 Å². The monoisotopic (exact) mass is 397 g/mol. The van der Waals surface area contributed by atoms with Crippen LogP contribution in [0.4, 0.5) is 0 Å². The number of fused-ring (bicyclic) bond motifs is 3. The van der Waals surface area contributed by atoms with E-state index < -0.39 is 0 Å². The lowest BCUT2D eigenvalue weighted by atomic mass is 10.2. The highest BCUT2D eigenvalue weighted by Crippen LogP contribution is 2.40. The van der Waals surface area contributed by atoms with Crippen molar-refractivity contribution in [3.8, 4) is 0 Å². The first-order valence-corrected chi connectivity index (χ1v) is 11.2. The van der Waals surface area contributed by atoms with Gasteiger partial charge in [-0.1, -0.05) is 42.1 Å². The molecular weight excluding hydrogens is 374 g/mol. The molecule has 1 aliphatic carbocycles. The summed E-state index contributed by atoms with van der Waals surface area (Å²) in [5.41, 5.74) is 2.58. The van der Waals surface area contributed by atoms with Crippen molar-refractivity contribution in [3.05, 3.63) is 52.2 Å². The second-order valence-corrected chi connectivity index (χ2v) is 8.84. The Hall–Kier alpha value is -1.92. The summed E-state index contributed by atoms with van der Waals surface area (Å²) >= 11 is 3.36. The molecule has 0 radical (unpaired) electrons. The van der Waals surface area contributed by atoms with E-state index in [4.69, 9.17) is 0 Å². The normalized spacial score (nSPS) is 13.1. The molecule has 0 atom stereocenters. The van der Waals surface area contributed by atoms with Gasteiger partial charge in [-0.05, 0) is 44.2 Å². The summed E-state index contributed by atoms with van der Waals surface area (Å²) in [6.07, 6.45) is 3.48. The first-order chi connectivity index (χ1) is 13.2. The van der Waals surface area contributed by atoms with E-state index in [1.165, 1.54) is 22.2 Å². The zero-order valence-corrected chi connectivity index (χ0v) is 17.3. The Morgan fingerprint density at radius 1 is 1.22 bits per heavy atom. The zero-order chi connectivity index (χ0) is 18.8. The van der Waals surface area contributed by atoms with E-state index in [1.54, 1.807) is 23.1 Å². The molecule has 1 aromatic carbocycles. The fourth-order valence-electron chi connectivity index (χ4n) is 3.57. The highest BCUT2D eigenvalue weighted by molar-refractivity contribution is 8.00. The molecule has 6 heteroatoms. The summed E-state index contributed by atoms with van der Waals surface area (Å²) in [7, 11) is 0. The molecule has 4 nitrogen and oxygen atoms in total. The molecule has 2 aromatic heterocycles. The van der Waals surface area contributed by atoms with Crippen LogP contribution in [0.25, 0.3) is 10.2 Å². The van der Waals surface area contributed by atoms with Crippen molar-refractivity contribution in [2.75, 3.05) is 12.3 Å². The summed E-state index contributed by atoms with van der Waals surface area (Å²) in [6.45, 7) is 5.33. The number of nitrogens with zero attached hydrogens (tertiary/aromatic N) is 3. The smallest absolute Gasteiger partial charge is 0.233 e. The molecule has 0 saturated heterocycles. The lowest BCUT2D eigenvalue weighted by Gasteiger charge is -2.21. The van der Waals surface area contributed by atoms with Crippen LogP contribution in [-0.2, 0) is 24.2 Å². The van der Waals surface area contributed by atoms with Crippen molar-refractivity contribution < 1.29 is 4.79 Å². The number of hydrogen-bond donors (Lipinski definition) is 0. The molecule has 1 aliphatic rings. The summed E-state index contributed by atoms with van der Waals surface area (Å²) in [5, 5.41) is 2.17. The third-order valence-corrected chi connectivity index (χ3v) is 7.07. The summed E-state index contributed by atoms with van der Waals surface area (Å²) < 4.78 is 0. The molecule has 0 bridgehead atoms. The van der Waals surface area contributed by atoms with Crippen molar-refractivity contribution in [1.82, 2.24) is 14.9 Å². The summed E-state index contributed by atoms with van der Waals surface area (Å²) in [5.74, 6) is 1.35. The van der Waals surface area contributed by atoms with Crippen molar-refractivity contribution in [1.29, 1.82) is 0 Å². The predicted molar refractivity (Wildman–Crippen MR) is 112 cm³/mol. The van der Waals surface area contributed by atoms with Crippen LogP contribution in [0.2, 0.25) is 0 Å². The van der Waals surface area contributed by atoms with Gasteiger partial charge in [0.05, 0.1) is 5.75 Å². The SMILES string of the molecule is CCN(Cc1ccccc1)C(=O)CSc1nc(C)nc2sc3c(c12)CCC3. The van der Waals surface area contributed by atoms with Crippen molar-refractivity contribution in [2.24, 2.45) is 0 Å². The van der Waals surface area contributed by atoms with E-state index in [0.29, 0.717) is 18.8 Å². The third-order valence-electron chi connectivity index (χ3n) is 4.93. The topological polar surface area (TPSA) is 46.1 Å². The molecule has 0 N–H and O–H groups in total. The van der Waals surface area contributed by atoms with Gasteiger partial charge in [0.1, 0.15) is 15.7 Å². The number of benzene rings is 1. The first kappa shape index (κ1) is 18.4. The highest BCUT2D eigenvalue weighted by Gasteiger charge is 2.23. The summed E-state index contributed by atoms with van der Waals surface area (Å²) in [4.78, 5) is 26.6. The van der Waals surface area contributed by atoms with E-state index in [-0.39, 0.29) is 5.91 Å². The molecule has 0 fully saturated rings. The number of thioether (sulfide) groups is 1. The van der Waals surface area contributed by atoms with Crippen molar-refractivity contribution in [3.63, 3.8) is 0 Å².